The maximum absolute atomic E-state index is 13.3. The van der Waals surface area contributed by atoms with E-state index in [1.807, 2.05) is 27.7 Å². The number of aromatic nitrogens is 3. The molecule has 11 nitrogen and oxygen atoms in total. The summed E-state index contributed by atoms with van der Waals surface area (Å²) < 4.78 is 8.16. The van der Waals surface area contributed by atoms with Crippen molar-refractivity contribution in [1.29, 1.82) is 0 Å². The topological polar surface area (TPSA) is 130 Å². The first-order valence-corrected chi connectivity index (χ1v) is 12.1. The van der Waals surface area contributed by atoms with Crippen LogP contribution in [-0.2, 0) is 16.1 Å². The third-order valence-corrected chi connectivity index (χ3v) is 6.28. The van der Waals surface area contributed by atoms with E-state index in [4.69, 9.17) is 4.74 Å². The van der Waals surface area contributed by atoms with Crippen LogP contribution in [0.5, 0.6) is 5.88 Å². The Labute approximate surface area is 203 Å². The number of nitrogens with one attached hydrogen (secondary N) is 2. The van der Waals surface area contributed by atoms with Gasteiger partial charge >= 0.3 is 0 Å². The highest BCUT2D eigenvalue weighted by molar-refractivity contribution is 5.98. The maximum Gasteiger partial charge on any atom is 0.291 e. The van der Waals surface area contributed by atoms with Gasteiger partial charge in [-0.3, -0.25) is 19.0 Å². The Morgan fingerprint density at radius 3 is 2.46 bits per heavy atom. The summed E-state index contributed by atoms with van der Waals surface area (Å²) in [6, 6.07) is -0.117. The number of nitrogens with zero attached hydrogens (tertiary/aromatic N) is 4. The number of aromatic hydroxyl groups is 1. The third kappa shape index (κ3) is 4.77. The van der Waals surface area contributed by atoms with Crippen molar-refractivity contribution in [3.63, 3.8) is 0 Å². The van der Waals surface area contributed by atoms with Crippen molar-refractivity contribution in [2.45, 2.75) is 65.2 Å². The first-order chi connectivity index (χ1) is 16.6. The number of hydrogen-bond acceptors (Lipinski definition) is 7. The molecule has 1 aliphatic heterocycles. The van der Waals surface area contributed by atoms with Gasteiger partial charge in [0.25, 0.3) is 11.5 Å². The van der Waals surface area contributed by atoms with E-state index in [2.05, 4.69) is 15.7 Å². The van der Waals surface area contributed by atoms with E-state index in [0.717, 1.165) is 17.4 Å². The Bertz CT molecular complexity index is 1220. The molecule has 2 fully saturated rings. The summed E-state index contributed by atoms with van der Waals surface area (Å²) in [7, 11) is 1.66. The minimum Gasteiger partial charge on any atom is -0.494 e. The molecule has 1 saturated heterocycles. The quantitative estimate of drug-likeness (QED) is 0.505. The Morgan fingerprint density at radius 2 is 1.89 bits per heavy atom. The molecule has 4 rings (SSSR count). The number of ether oxygens (including phenoxy) is 1. The van der Waals surface area contributed by atoms with E-state index < -0.39 is 17.3 Å². The minimum atomic E-state index is -0.714. The third-order valence-electron chi connectivity index (χ3n) is 6.28. The summed E-state index contributed by atoms with van der Waals surface area (Å²) in [4.78, 5) is 41.0. The fraction of sp³-hybridized carbons (Fsp3) is 0.583. The monoisotopic (exact) mass is 486 g/mol. The van der Waals surface area contributed by atoms with Gasteiger partial charge in [-0.2, -0.15) is 4.52 Å². The molecule has 35 heavy (non-hydrogen) atoms. The van der Waals surface area contributed by atoms with Gasteiger partial charge in [0.1, 0.15) is 0 Å². The average Bonchev–Trinajstić information content (AvgIpc) is 3.52. The Hall–Kier alpha value is -3.34. The van der Waals surface area contributed by atoms with Crippen LogP contribution in [0.15, 0.2) is 10.9 Å². The van der Waals surface area contributed by atoms with E-state index in [-0.39, 0.29) is 35.5 Å². The molecule has 11 heteroatoms. The zero-order valence-corrected chi connectivity index (χ0v) is 20.9. The second-order valence-corrected chi connectivity index (χ2v) is 9.82. The number of anilines is 1. The number of rotatable bonds is 7. The van der Waals surface area contributed by atoms with Gasteiger partial charge in [0, 0.05) is 25.7 Å². The molecule has 1 aliphatic carbocycles. The fourth-order valence-electron chi connectivity index (χ4n) is 4.50. The van der Waals surface area contributed by atoms with E-state index in [1.54, 1.807) is 18.0 Å². The molecule has 0 unspecified atom stereocenters. The molecule has 1 saturated carbocycles. The lowest BCUT2D eigenvalue weighted by Crippen LogP contribution is -2.51. The lowest BCUT2D eigenvalue weighted by atomic mass is 10.1. The zero-order valence-electron chi connectivity index (χ0n) is 20.9. The molecule has 2 aromatic heterocycles. The summed E-state index contributed by atoms with van der Waals surface area (Å²) >= 11 is 0. The SMILES string of the molecule is CNc1nn2c(=O)c(C(=O)NC3CC3)c(O)n(CC(C)C)c2c1/C=C/C(=O)N1[C@@H](C)COC[C@@H]1C. The molecule has 0 radical (unpaired) electrons. The van der Waals surface area contributed by atoms with Gasteiger partial charge in [-0.25, -0.2) is 0 Å². The van der Waals surface area contributed by atoms with E-state index in [9.17, 15) is 19.5 Å². The smallest absolute Gasteiger partial charge is 0.291 e. The highest BCUT2D eigenvalue weighted by atomic mass is 16.5. The summed E-state index contributed by atoms with van der Waals surface area (Å²) in [5.74, 6) is -0.761. The van der Waals surface area contributed by atoms with Crippen molar-refractivity contribution in [1.82, 2.24) is 24.4 Å². The number of morpholine rings is 1. The van der Waals surface area contributed by atoms with Crippen LogP contribution in [0.3, 0.4) is 0 Å². The van der Waals surface area contributed by atoms with Crippen molar-refractivity contribution in [2.24, 2.45) is 5.92 Å². The molecule has 2 amide bonds. The molecule has 2 atom stereocenters. The van der Waals surface area contributed by atoms with Gasteiger partial charge in [0.05, 0.1) is 30.9 Å². The van der Waals surface area contributed by atoms with Gasteiger partial charge < -0.3 is 25.4 Å². The Morgan fingerprint density at radius 1 is 1.23 bits per heavy atom. The average molecular weight is 487 g/mol. The fourth-order valence-corrected chi connectivity index (χ4v) is 4.50. The number of amides is 2. The Kier molecular flexibility index (Phi) is 6.88. The van der Waals surface area contributed by atoms with Gasteiger partial charge in [0.15, 0.2) is 17.0 Å². The molecule has 0 aromatic carbocycles. The molecule has 3 heterocycles. The summed E-state index contributed by atoms with van der Waals surface area (Å²) in [5.41, 5.74) is -0.274. The van der Waals surface area contributed by atoms with Crippen LogP contribution in [0, 0.1) is 5.92 Å². The number of fused-ring (bicyclic) bond motifs is 1. The largest absolute Gasteiger partial charge is 0.494 e. The molecule has 2 aliphatic rings. The first kappa shape index (κ1) is 24.8. The number of carbonyl (C=O) groups is 2. The van der Waals surface area contributed by atoms with Crippen LogP contribution in [0.4, 0.5) is 5.82 Å². The second kappa shape index (κ2) is 9.73. The maximum atomic E-state index is 13.3. The summed E-state index contributed by atoms with van der Waals surface area (Å²) in [6.07, 6.45) is 4.75. The first-order valence-electron chi connectivity index (χ1n) is 12.1. The van der Waals surface area contributed by atoms with Crippen LogP contribution in [0.25, 0.3) is 11.7 Å². The zero-order chi connectivity index (χ0) is 25.4. The number of carbonyl (C=O) groups excluding carboxylic acids is 2. The van der Waals surface area contributed by atoms with Crippen molar-refractivity contribution < 1.29 is 19.4 Å². The van der Waals surface area contributed by atoms with Crippen molar-refractivity contribution in [3.05, 3.63) is 27.6 Å². The molecule has 3 N–H and O–H groups in total. The Balaban J connectivity index is 1.84. The molecule has 0 bridgehead atoms. The summed E-state index contributed by atoms with van der Waals surface area (Å²) in [6.45, 7) is 9.07. The van der Waals surface area contributed by atoms with Crippen LogP contribution < -0.4 is 16.2 Å². The van der Waals surface area contributed by atoms with Crippen molar-refractivity contribution in [3.8, 4) is 5.88 Å². The molecule has 2 aromatic rings. The van der Waals surface area contributed by atoms with Gasteiger partial charge in [-0.15, -0.1) is 5.10 Å². The number of hydrogen-bond donors (Lipinski definition) is 3. The standard InChI is InChI=1S/C24H34N6O5/c1-13(2)10-28-22-17(8-9-18(31)29-14(3)11-35-12-15(29)4)20(25-5)27-30(22)24(34)19(23(28)33)21(32)26-16-6-7-16/h8-9,13-16,33H,6-7,10-12H2,1-5H3,(H,25,27)(H,26,32)/b9-8+/t14-,15-/m0/s1. The van der Waals surface area contributed by atoms with Crippen molar-refractivity contribution >= 4 is 29.4 Å². The predicted octanol–water partition coefficient (Wildman–Crippen LogP) is 1.44. The molecular formula is C24H34N6O5. The normalized spacial score (nSPS) is 20.7. The molecule has 0 spiro atoms. The van der Waals surface area contributed by atoms with Gasteiger partial charge in [-0.1, -0.05) is 13.8 Å². The predicted molar refractivity (Wildman–Crippen MR) is 132 cm³/mol. The van der Waals surface area contributed by atoms with Crippen LogP contribution >= 0.6 is 0 Å². The van der Waals surface area contributed by atoms with E-state index >= 15 is 0 Å². The van der Waals surface area contributed by atoms with Crippen molar-refractivity contribution in [2.75, 3.05) is 25.6 Å². The van der Waals surface area contributed by atoms with Crippen LogP contribution in [0.2, 0.25) is 0 Å². The lowest BCUT2D eigenvalue weighted by molar-refractivity contribution is -0.138. The highest BCUT2D eigenvalue weighted by Crippen LogP contribution is 2.28. The van der Waals surface area contributed by atoms with Crippen LogP contribution in [0.1, 0.15) is 56.5 Å². The lowest BCUT2D eigenvalue weighted by Gasteiger charge is -2.38. The minimum absolute atomic E-state index is 0.0236. The van der Waals surface area contributed by atoms with Gasteiger partial charge in [0.2, 0.25) is 11.8 Å². The van der Waals surface area contributed by atoms with Crippen LogP contribution in [-0.4, -0.2) is 74.4 Å². The highest BCUT2D eigenvalue weighted by Gasteiger charge is 2.31. The van der Waals surface area contributed by atoms with E-state index in [1.165, 1.54) is 10.6 Å². The van der Waals surface area contributed by atoms with Gasteiger partial charge in [-0.05, 0) is 38.7 Å². The second-order valence-electron chi connectivity index (χ2n) is 9.82. The molecule has 190 valence electrons. The summed E-state index contributed by atoms with van der Waals surface area (Å²) in [5, 5.41) is 21.2. The van der Waals surface area contributed by atoms with E-state index in [0.29, 0.717) is 36.8 Å². The molecular weight excluding hydrogens is 452 g/mol.